The first-order valence-corrected chi connectivity index (χ1v) is 13.2. The number of nitrogens with zero attached hydrogens (tertiary/aromatic N) is 4. The Kier molecular flexibility index (Phi) is 6.30. The Balaban J connectivity index is 1.51. The standard InChI is InChI=1S/C32H31N5O/c1-3-23-17-19-25(20-18-23)33-32(38)36-22-27-28(4-2)34-37(26-14-9-6-10-15-26)31(27)35-21-11-16-29(35)30(36)24-12-7-5-8-13-24/h5-21,30H,3-4,22H2,1-2H3,(H,33,38)/t30-/m0/s1. The van der Waals surface area contributed by atoms with Crippen LogP contribution in [0.5, 0.6) is 0 Å². The van der Waals surface area contributed by atoms with Crippen molar-refractivity contribution in [2.24, 2.45) is 0 Å². The Morgan fingerprint density at radius 2 is 1.58 bits per heavy atom. The number of aromatic nitrogens is 3. The minimum atomic E-state index is -0.276. The van der Waals surface area contributed by atoms with Crippen LogP contribution in [0.25, 0.3) is 11.5 Å². The maximum absolute atomic E-state index is 14.1. The van der Waals surface area contributed by atoms with E-state index in [0.29, 0.717) is 6.54 Å². The molecule has 1 atom stereocenters. The Morgan fingerprint density at radius 3 is 2.26 bits per heavy atom. The van der Waals surface area contributed by atoms with Crippen LogP contribution in [-0.2, 0) is 19.4 Å². The van der Waals surface area contributed by atoms with Crippen LogP contribution >= 0.6 is 0 Å². The SMILES string of the molecule is CCc1ccc(NC(=O)N2Cc3c(CC)nn(-c4ccccc4)c3-n3cccc3[C@@H]2c2ccccc2)cc1. The van der Waals surface area contributed by atoms with Crippen LogP contribution in [0.2, 0.25) is 0 Å². The highest BCUT2D eigenvalue weighted by atomic mass is 16.2. The van der Waals surface area contributed by atoms with E-state index >= 15 is 0 Å². The molecule has 190 valence electrons. The monoisotopic (exact) mass is 501 g/mol. The summed E-state index contributed by atoms with van der Waals surface area (Å²) in [6, 6.07) is 32.3. The molecule has 1 aliphatic rings. The summed E-state index contributed by atoms with van der Waals surface area (Å²) in [5.74, 6) is 0.983. The van der Waals surface area contributed by atoms with Gasteiger partial charge in [0.2, 0.25) is 0 Å². The van der Waals surface area contributed by atoms with Crippen molar-refractivity contribution in [3.05, 3.63) is 131 Å². The van der Waals surface area contributed by atoms with Crippen LogP contribution in [-0.4, -0.2) is 25.3 Å². The number of nitrogens with one attached hydrogen (secondary N) is 1. The molecule has 0 fully saturated rings. The van der Waals surface area contributed by atoms with E-state index in [1.54, 1.807) is 0 Å². The number of para-hydroxylation sites is 1. The molecule has 0 saturated heterocycles. The molecule has 1 aliphatic heterocycles. The average molecular weight is 502 g/mol. The molecule has 0 saturated carbocycles. The van der Waals surface area contributed by atoms with E-state index in [2.05, 4.69) is 72.4 Å². The molecule has 3 heterocycles. The van der Waals surface area contributed by atoms with Gasteiger partial charge in [-0.2, -0.15) is 5.10 Å². The van der Waals surface area contributed by atoms with Crippen molar-refractivity contribution < 1.29 is 4.79 Å². The van der Waals surface area contributed by atoms with Gasteiger partial charge in [0.1, 0.15) is 5.82 Å². The highest BCUT2D eigenvalue weighted by molar-refractivity contribution is 5.90. The highest BCUT2D eigenvalue weighted by Crippen LogP contribution is 2.39. The minimum absolute atomic E-state index is 0.141. The van der Waals surface area contributed by atoms with Gasteiger partial charge in [-0.25, -0.2) is 9.48 Å². The first-order chi connectivity index (χ1) is 18.7. The van der Waals surface area contributed by atoms with E-state index in [-0.39, 0.29) is 12.1 Å². The zero-order valence-corrected chi connectivity index (χ0v) is 21.7. The smallest absolute Gasteiger partial charge is 0.308 e. The summed E-state index contributed by atoms with van der Waals surface area (Å²) in [6.07, 6.45) is 3.81. The first kappa shape index (κ1) is 23.8. The second-order valence-corrected chi connectivity index (χ2v) is 9.57. The molecular weight excluding hydrogens is 470 g/mol. The predicted molar refractivity (Wildman–Crippen MR) is 151 cm³/mol. The van der Waals surface area contributed by atoms with Crippen LogP contribution in [0, 0.1) is 0 Å². The molecule has 2 amide bonds. The van der Waals surface area contributed by atoms with Gasteiger partial charge in [0.25, 0.3) is 0 Å². The van der Waals surface area contributed by atoms with Crippen molar-refractivity contribution in [3.63, 3.8) is 0 Å². The van der Waals surface area contributed by atoms with Crippen molar-refractivity contribution in [1.29, 1.82) is 0 Å². The lowest BCUT2D eigenvalue weighted by Crippen LogP contribution is -2.38. The Morgan fingerprint density at radius 1 is 0.868 bits per heavy atom. The number of hydrogen-bond acceptors (Lipinski definition) is 2. The fourth-order valence-electron chi connectivity index (χ4n) is 5.35. The van der Waals surface area contributed by atoms with Crippen molar-refractivity contribution >= 4 is 11.7 Å². The molecule has 2 aromatic heterocycles. The molecule has 6 rings (SSSR count). The quantitative estimate of drug-likeness (QED) is 0.284. The summed E-state index contributed by atoms with van der Waals surface area (Å²) in [4.78, 5) is 16.0. The van der Waals surface area contributed by atoms with Crippen LogP contribution < -0.4 is 5.32 Å². The second kappa shape index (κ2) is 10.1. The molecule has 0 bridgehead atoms. The third kappa shape index (κ3) is 4.18. The van der Waals surface area contributed by atoms with Crippen LogP contribution in [0.15, 0.2) is 103 Å². The lowest BCUT2D eigenvalue weighted by molar-refractivity contribution is 0.194. The lowest BCUT2D eigenvalue weighted by Gasteiger charge is -2.31. The van der Waals surface area contributed by atoms with E-state index in [0.717, 1.165) is 52.5 Å². The van der Waals surface area contributed by atoms with Gasteiger partial charge in [-0.05, 0) is 60.4 Å². The number of hydrogen-bond donors (Lipinski definition) is 1. The minimum Gasteiger partial charge on any atom is -0.308 e. The summed E-state index contributed by atoms with van der Waals surface area (Å²) in [6.45, 7) is 4.68. The zero-order chi connectivity index (χ0) is 26.1. The maximum Gasteiger partial charge on any atom is 0.322 e. The van der Waals surface area contributed by atoms with Gasteiger partial charge in [-0.1, -0.05) is 74.5 Å². The molecule has 38 heavy (non-hydrogen) atoms. The molecule has 1 N–H and O–H groups in total. The fourth-order valence-corrected chi connectivity index (χ4v) is 5.35. The van der Waals surface area contributed by atoms with E-state index < -0.39 is 0 Å². The third-order valence-corrected chi connectivity index (χ3v) is 7.29. The Labute approximate surface area is 223 Å². The van der Waals surface area contributed by atoms with Gasteiger partial charge >= 0.3 is 6.03 Å². The summed E-state index contributed by atoms with van der Waals surface area (Å²) >= 11 is 0. The molecular formula is C32H31N5O. The topological polar surface area (TPSA) is 55.1 Å². The van der Waals surface area contributed by atoms with Gasteiger partial charge < -0.3 is 14.8 Å². The number of anilines is 1. The first-order valence-electron chi connectivity index (χ1n) is 13.2. The zero-order valence-electron chi connectivity index (χ0n) is 21.7. The molecule has 3 aromatic carbocycles. The van der Waals surface area contributed by atoms with Crippen molar-refractivity contribution in [2.75, 3.05) is 5.32 Å². The normalized spacial score (nSPS) is 14.5. The van der Waals surface area contributed by atoms with Gasteiger partial charge in [0, 0.05) is 17.4 Å². The van der Waals surface area contributed by atoms with Crippen LogP contribution in [0.4, 0.5) is 10.5 Å². The molecule has 5 aromatic rings. The lowest BCUT2D eigenvalue weighted by atomic mass is 10.0. The van der Waals surface area contributed by atoms with E-state index in [1.165, 1.54) is 5.56 Å². The fraction of sp³-hybridized carbons (Fsp3) is 0.188. The molecule has 6 heteroatoms. The van der Waals surface area contributed by atoms with Gasteiger partial charge in [-0.15, -0.1) is 0 Å². The summed E-state index contributed by atoms with van der Waals surface area (Å²) in [5.41, 5.74) is 7.15. The molecule has 0 spiro atoms. The van der Waals surface area contributed by atoms with Crippen LogP contribution in [0.1, 0.15) is 48.0 Å². The Bertz CT molecular complexity index is 1550. The number of fused-ring (bicyclic) bond motifs is 3. The van der Waals surface area contributed by atoms with Crippen molar-refractivity contribution in [3.8, 4) is 11.5 Å². The number of rotatable bonds is 5. The maximum atomic E-state index is 14.1. The molecule has 0 unspecified atom stereocenters. The van der Waals surface area contributed by atoms with Crippen molar-refractivity contribution in [1.82, 2.24) is 19.2 Å². The van der Waals surface area contributed by atoms with E-state index in [9.17, 15) is 4.79 Å². The van der Waals surface area contributed by atoms with Gasteiger partial charge in [0.15, 0.2) is 0 Å². The summed E-state index contributed by atoms with van der Waals surface area (Å²) in [5, 5.41) is 8.20. The van der Waals surface area contributed by atoms with Crippen molar-refractivity contribution in [2.45, 2.75) is 39.3 Å². The number of carbonyl (C=O) groups is 1. The Hall–Kier alpha value is -4.58. The number of urea groups is 1. The largest absolute Gasteiger partial charge is 0.322 e. The predicted octanol–water partition coefficient (Wildman–Crippen LogP) is 6.92. The number of carbonyl (C=O) groups excluding carboxylic acids is 1. The number of aryl methyl sites for hydroxylation is 2. The number of benzene rings is 3. The molecule has 6 nitrogen and oxygen atoms in total. The number of amides is 2. The highest BCUT2D eigenvalue weighted by Gasteiger charge is 2.36. The van der Waals surface area contributed by atoms with Crippen LogP contribution in [0.3, 0.4) is 0 Å². The third-order valence-electron chi connectivity index (χ3n) is 7.29. The van der Waals surface area contributed by atoms with E-state index in [1.807, 2.05) is 64.2 Å². The average Bonchev–Trinajstić information content (AvgIpc) is 3.55. The molecule has 0 radical (unpaired) electrons. The van der Waals surface area contributed by atoms with E-state index in [4.69, 9.17) is 5.10 Å². The molecule has 0 aliphatic carbocycles. The van der Waals surface area contributed by atoms with Gasteiger partial charge in [0.05, 0.1) is 29.7 Å². The second-order valence-electron chi connectivity index (χ2n) is 9.57. The van der Waals surface area contributed by atoms with Gasteiger partial charge in [-0.3, -0.25) is 0 Å². The summed E-state index contributed by atoms with van der Waals surface area (Å²) < 4.78 is 4.22. The summed E-state index contributed by atoms with van der Waals surface area (Å²) in [7, 11) is 0.